The molecule has 0 atom stereocenters. The summed E-state index contributed by atoms with van der Waals surface area (Å²) >= 11 is 0. The van der Waals surface area contributed by atoms with Crippen LogP contribution in [0.2, 0.25) is 0 Å². The lowest BCUT2D eigenvalue weighted by molar-refractivity contribution is -0.107. The molecule has 4 heteroatoms. The lowest BCUT2D eigenvalue weighted by Gasteiger charge is -2.18. The van der Waals surface area contributed by atoms with Crippen LogP contribution in [0.5, 0.6) is 11.5 Å². The number of aromatic hydroxyl groups is 1. The number of hydrogen-bond acceptors (Lipinski definition) is 4. The number of rotatable bonds is 12. The van der Waals surface area contributed by atoms with E-state index in [4.69, 9.17) is 4.74 Å². The van der Waals surface area contributed by atoms with Crippen molar-refractivity contribution in [3.8, 4) is 11.5 Å². The Morgan fingerprint density at radius 2 is 1.55 bits per heavy atom. The van der Waals surface area contributed by atoms with Crippen LogP contribution in [-0.2, 0) is 36.9 Å². The number of phenolic OH excluding ortho intramolecular Hbond substituents is 1. The number of methoxy groups -OCH3 is 1. The molecule has 0 fully saturated rings. The lowest BCUT2D eigenvalue weighted by Crippen LogP contribution is -2.07. The number of allylic oxidation sites excluding steroid dienone is 1. The van der Waals surface area contributed by atoms with Crippen LogP contribution in [0.3, 0.4) is 0 Å². The van der Waals surface area contributed by atoms with Gasteiger partial charge in [0.15, 0.2) is 5.78 Å². The predicted octanol–water partition coefficient (Wildman–Crippen LogP) is 5.59. The van der Waals surface area contributed by atoms with Gasteiger partial charge in [-0.25, -0.2) is 0 Å². The molecule has 0 unspecified atom stereocenters. The van der Waals surface area contributed by atoms with Gasteiger partial charge in [-0.1, -0.05) is 57.0 Å². The molecule has 0 amide bonds. The summed E-state index contributed by atoms with van der Waals surface area (Å²) in [6.07, 6.45) is 5.78. The molecule has 31 heavy (non-hydrogen) atoms. The number of hydrogen-bond donors (Lipinski definition) is 1. The van der Waals surface area contributed by atoms with E-state index in [0.717, 1.165) is 59.8 Å². The Labute approximate surface area is 186 Å². The minimum absolute atomic E-state index is 0.00493. The van der Waals surface area contributed by atoms with Crippen molar-refractivity contribution in [3.63, 3.8) is 0 Å². The zero-order valence-electron chi connectivity index (χ0n) is 19.2. The zero-order chi connectivity index (χ0) is 23.0. The van der Waals surface area contributed by atoms with Crippen LogP contribution in [0.15, 0.2) is 36.4 Å². The summed E-state index contributed by atoms with van der Waals surface area (Å²) < 4.78 is 5.62. The van der Waals surface area contributed by atoms with E-state index in [1.807, 2.05) is 24.3 Å². The van der Waals surface area contributed by atoms with E-state index >= 15 is 0 Å². The Balaban J connectivity index is 2.35. The Kier molecular flexibility index (Phi) is 9.04. The normalized spacial score (nSPS) is 10.7. The molecular weight excluding hydrogens is 388 g/mol. The first-order valence-corrected chi connectivity index (χ1v) is 11.0. The topological polar surface area (TPSA) is 63.6 Å². The minimum Gasteiger partial charge on any atom is -0.507 e. The van der Waals surface area contributed by atoms with Crippen molar-refractivity contribution >= 4 is 12.1 Å². The van der Waals surface area contributed by atoms with Gasteiger partial charge in [0, 0.05) is 12.0 Å². The van der Waals surface area contributed by atoms with Crippen LogP contribution in [-0.4, -0.2) is 24.3 Å². The molecule has 0 aliphatic carbocycles. The van der Waals surface area contributed by atoms with Gasteiger partial charge < -0.3 is 14.6 Å². The van der Waals surface area contributed by atoms with Gasteiger partial charge in [0.2, 0.25) is 0 Å². The van der Waals surface area contributed by atoms with Crippen molar-refractivity contribution in [2.24, 2.45) is 0 Å². The maximum absolute atomic E-state index is 12.0. The summed E-state index contributed by atoms with van der Waals surface area (Å²) in [5, 5.41) is 10.7. The maximum atomic E-state index is 12.0. The smallest absolute Gasteiger partial charge is 0.163 e. The van der Waals surface area contributed by atoms with Gasteiger partial charge in [-0.2, -0.15) is 0 Å². The molecule has 0 aliphatic heterocycles. The summed E-state index contributed by atoms with van der Waals surface area (Å²) in [6, 6.07) is 7.68. The van der Waals surface area contributed by atoms with E-state index in [9.17, 15) is 14.7 Å². The average Bonchev–Trinajstić information content (AvgIpc) is 2.73. The summed E-state index contributed by atoms with van der Waals surface area (Å²) in [5.74, 6) is 0.898. The zero-order valence-corrected chi connectivity index (χ0v) is 19.2. The van der Waals surface area contributed by atoms with Crippen molar-refractivity contribution in [2.75, 3.05) is 7.11 Å². The third-order valence-corrected chi connectivity index (χ3v) is 5.59. The molecule has 166 valence electrons. The fourth-order valence-electron chi connectivity index (χ4n) is 4.15. The Morgan fingerprint density at radius 3 is 2.10 bits per heavy atom. The second kappa shape index (κ2) is 11.5. The molecule has 0 spiro atoms. The molecule has 2 aromatic rings. The molecule has 2 aromatic carbocycles. The summed E-state index contributed by atoms with van der Waals surface area (Å²) in [6.45, 7) is 10.0. The number of carbonyl (C=O) groups excluding carboxylic acids is 2. The highest BCUT2D eigenvalue weighted by Crippen LogP contribution is 2.32. The number of ether oxygens (including phenoxy) is 1. The van der Waals surface area contributed by atoms with Crippen LogP contribution in [0, 0.1) is 0 Å². The highest BCUT2D eigenvalue weighted by Gasteiger charge is 2.18. The van der Waals surface area contributed by atoms with Gasteiger partial charge in [-0.15, -0.1) is 0 Å². The van der Waals surface area contributed by atoms with Gasteiger partial charge in [0.05, 0.1) is 12.7 Å². The highest BCUT2D eigenvalue weighted by molar-refractivity contribution is 5.97. The van der Waals surface area contributed by atoms with Gasteiger partial charge in [0.25, 0.3) is 0 Å². The molecule has 1 N–H and O–H groups in total. The van der Waals surface area contributed by atoms with Crippen LogP contribution in [0.1, 0.15) is 71.8 Å². The van der Waals surface area contributed by atoms with E-state index in [2.05, 4.69) is 20.4 Å². The van der Waals surface area contributed by atoms with Gasteiger partial charge in [0.1, 0.15) is 17.8 Å². The van der Waals surface area contributed by atoms with E-state index in [0.29, 0.717) is 29.7 Å². The number of phenols is 1. The van der Waals surface area contributed by atoms with E-state index in [-0.39, 0.29) is 18.0 Å². The monoisotopic (exact) mass is 422 g/mol. The number of carbonyl (C=O) groups is 2. The molecule has 2 rings (SSSR count). The summed E-state index contributed by atoms with van der Waals surface area (Å²) in [5.41, 5.74) is 6.44. The average molecular weight is 423 g/mol. The SMILES string of the molecule is C=C(Cc1ccc(CC=O)c(O)c1CCC)Cc1ccc(C(C)=O)c(OC)c1CCC. The van der Waals surface area contributed by atoms with Crippen LogP contribution in [0.25, 0.3) is 0 Å². The standard InChI is InChI=1S/C27H34O4/c1-6-8-24-21(11-10-20(14-15-28)26(24)30)16-18(3)17-22-12-13-23(19(4)29)27(31-5)25(22)9-7-2/h10-13,15,30H,3,6-9,14,16-17H2,1-2,4-5H3. The number of benzene rings is 2. The second-order valence-electron chi connectivity index (χ2n) is 8.03. The summed E-state index contributed by atoms with van der Waals surface area (Å²) in [4.78, 5) is 22.9. The van der Waals surface area contributed by atoms with Gasteiger partial charge in [-0.3, -0.25) is 4.79 Å². The summed E-state index contributed by atoms with van der Waals surface area (Å²) in [7, 11) is 1.61. The maximum Gasteiger partial charge on any atom is 0.163 e. The fraction of sp³-hybridized carbons (Fsp3) is 0.407. The molecule has 0 saturated carbocycles. The van der Waals surface area contributed by atoms with Crippen molar-refractivity contribution in [1.29, 1.82) is 0 Å². The van der Waals surface area contributed by atoms with Crippen LogP contribution in [0.4, 0.5) is 0 Å². The van der Waals surface area contributed by atoms with Crippen LogP contribution < -0.4 is 4.74 Å². The molecule has 4 nitrogen and oxygen atoms in total. The van der Waals surface area contributed by atoms with Crippen molar-refractivity contribution in [2.45, 2.75) is 65.7 Å². The van der Waals surface area contributed by atoms with Crippen molar-refractivity contribution in [3.05, 3.63) is 69.8 Å². The molecule has 0 heterocycles. The third kappa shape index (κ3) is 5.84. The molecule has 0 radical (unpaired) electrons. The number of Topliss-reactive ketones (excluding diaryl/α,β-unsaturated/α-hetero) is 1. The van der Waals surface area contributed by atoms with Crippen molar-refractivity contribution < 1.29 is 19.4 Å². The number of ketones is 1. The van der Waals surface area contributed by atoms with Crippen LogP contribution >= 0.6 is 0 Å². The largest absolute Gasteiger partial charge is 0.507 e. The minimum atomic E-state index is -0.00493. The van der Waals surface area contributed by atoms with Crippen molar-refractivity contribution in [1.82, 2.24) is 0 Å². The number of aldehydes is 1. The van der Waals surface area contributed by atoms with E-state index < -0.39 is 0 Å². The first kappa shape index (κ1) is 24.4. The quantitative estimate of drug-likeness (QED) is 0.275. The molecule has 0 aromatic heterocycles. The fourth-order valence-corrected chi connectivity index (χ4v) is 4.15. The lowest BCUT2D eigenvalue weighted by atomic mass is 9.89. The second-order valence-corrected chi connectivity index (χ2v) is 8.03. The molecule has 0 aliphatic rings. The van der Waals surface area contributed by atoms with Gasteiger partial charge in [-0.05, 0) is 60.9 Å². The van der Waals surface area contributed by atoms with E-state index in [1.165, 1.54) is 0 Å². The molecular formula is C27H34O4. The predicted molar refractivity (Wildman–Crippen MR) is 125 cm³/mol. The Bertz CT molecular complexity index is 956. The first-order valence-electron chi connectivity index (χ1n) is 11.0. The van der Waals surface area contributed by atoms with Gasteiger partial charge >= 0.3 is 0 Å². The molecule has 0 bridgehead atoms. The highest BCUT2D eigenvalue weighted by atomic mass is 16.5. The first-order chi connectivity index (χ1) is 14.9. The molecule has 0 saturated heterocycles. The van der Waals surface area contributed by atoms with E-state index in [1.54, 1.807) is 14.0 Å². The third-order valence-electron chi connectivity index (χ3n) is 5.59. The Morgan fingerprint density at radius 1 is 1.00 bits per heavy atom. The Hall–Kier alpha value is -2.88.